The number of aryl methyl sites for hydroxylation is 1. The Hall–Kier alpha value is -2.66. The molecule has 10 heteroatoms. The van der Waals surface area contributed by atoms with Crippen LogP contribution in [0.5, 0.6) is 0 Å². The number of thioether (sulfide) groups is 1. The summed E-state index contributed by atoms with van der Waals surface area (Å²) in [5, 5.41) is 3.60. The topological polar surface area (TPSA) is 93.5 Å². The number of morpholine rings is 1. The lowest BCUT2D eigenvalue weighted by molar-refractivity contribution is -0.113. The van der Waals surface area contributed by atoms with E-state index in [1.54, 1.807) is 18.3 Å². The normalized spacial score (nSPS) is 14.8. The first kappa shape index (κ1) is 23.5. The van der Waals surface area contributed by atoms with E-state index in [-0.39, 0.29) is 16.6 Å². The number of sulfonamides is 1. The van der Waals surface area contributed by atoms with Crippen LogP contribution in [0.25, 0.3) is 0 Å². The second kappa shape index (κ2) is 10.5. The minimum absolute atomic E-state index is 0.158. The number of anilines is 1. The Kier molecular flexibility index (Phi) is 7.49. The van der Waals surface area contributed by atoms with Crippen molar-refractivity contribution in [2.45, 2.75) is 23.5 Å². The number of ether oxygens (including phenoxy) is 1. The molecule has 2 aromatic carbocycles. The molecule has 0 unspecified atom stereocenters. The predicted octanol–water partition coefficient (Wildman–Crippen LogP) is 2.99. The Morgan fingerprint density at radius 3 is 2.67 bits per heavy atom. The van der Waals surface area contributed by atoms with Gasteiger partial charge in [-0.05, 0) is 30.2 Å². The molecule has 0 bridgehead atoms. The number of rotatable bonds is 8. The van der Waals surface area contributed by atoms with E-state index >= 15 is 0 Å². The Morgan fingerprint density at radius 2 is 1.91 bits per heavy atom. The van der Waals surface area contributed by atoms with Crippen LogP contribution in [-0.4, -0.2) is 60.2 Å². The van der Waals surface area contributed by atoms with E-state index in [0.717, 1.165) is 16.3 Å². The van der Waals surface area contributed by atoms with Gasteiger partial charge in [0.2, 0.25) is 15.9 Å². The van der Waals surface area contributed by atoms with Crippen LogP contribution in [0, 0.1) is 6.92 Å². The Balaban J connectivity index is 1.40. The lowest BCUT2D eigenvalue weighted by atomic mass is 10.2. The van der Waals surface area contributed by atoms with Crippen LogP contribution in [0.1, 0.15) is 11.1 Å². The summed E-state index contributed by atoms with van der Waals surface area (Å²) in [6.45, 7) is 3.91. The standard InChI is InChI=1S/C23H26N4O4S2/c1-18-7-8-20(33(29,30)27-11-13-31-14-12-27)15-21(18)25-22(28)17-32-23-24-9-10-26(23)16-19-5-3-2-4-6-19/h2-10,15H,11-14,16-17H2,1H3,(H,25,28). The van der Waals surface area contributed by atoms with Gasteiger partial charge in [0.05, 0.1) is 23.9 Å². The number of amides is 1. The van der Waals surface area contributed by atoms with Crippen LogP contribution in [0.15, 0.2) is 71.0 Å². The molecular formula is C23H26N4O4S2. The average Bonchev–Trinajstić information content (AvgIpc) is 3.27. The molecule has 3 aromatic rings. The number of carbonyl (C=O) groups is 1. The van der Waals surface area contributed by atoms with Crippen molar-refractivity contribution >= 4 is 33.4 Å². The summed E-state index contributed by atoms with van der Waals surface area (Å²) in [5.74, 6) is -0.0654. The minimum Gasteiger partial charge on any atom is -0.379 e. The molecular weight excluding hydrogens is 460 g/mol. The lowest BCUT2D eigenvalue weighted by Gasteiger charge is -2.26. The molecule has 1 aromatic heterocycles. The van der Waals surface area contributed by atoms with Crippen molar-refractivity contribution in [1.82, 2.24) is 13.9 Å². The summed E-state index contributed by atoms with van der Waals surface area (Å²) in [6.07, 6.45) is 3.60. The molecule has 2 heterocycles. The summed E-state index contributed by atoms with van der Waals surface area (Å²) in [6, 6.07) is 14.8. The fraction of sp³-hybridized carbons (Fsp3) is 0.304. The maximum atomic E-state index is 12.9. The molecule has 8 nitrogen and oxygen atoms in total. The maximum Gasteiger partial charge on any atom is 0.243 e. The molecule has 33 heavy (non-hydrogen) atoms. The van der Waals surface area contributed by atoms with Crippen molar-refractivity contribution in [1.29, 1.82) is 0 Å². The van der Waals surface area contributed by atoms with Crippen molar-refractivity contribution < 1.29 is 17.9 Å². The van der Waals surface area contributed by atoms with Crippen molar-refractivity contribution in [3.8, 4) is 0 Å². The predicted molar refractivity (Wildman–Crippen MR) is 128 cm³/mol. The van der Waals surface area contributed by atoms with Crippen molar-refractivity contribution in [3.63, 3.8) is 0 Å². The molecule has 174 valence electrons. The van der Waals surface area contributed by atoms with E-state index in [1.165, 1.54) is 22.1 Å². The minimum atomic E-state index is -3.64. The SMILES string of the molecule is Cc1ccc(S(=O)(=O)N2CCOCC2)cc1NC(=O)CSc1nccn1Cc1ccccc1. The summed E-state index contributed by atoms with van der Waals surface area (Å²) < 4.78 is 34.6. The van der Waals surface area contributed by atoms with Crippen LogP contribution in [0.4, 0.5) is 5.69 Å². The third-order valence-electron chi connectivity index (χ3n) is 5.30. The number of imidazole rings is 1. The molecule has 0 atom stereocenters. The molecule has 0 spiro atoms. The number of hydrogen-bond acceptors (Lipinski definition) is 6. The summed E-state index contributed by atoms with van der Waals surface area (Å²) in [5.41, 5.74) is 2.43. The third-order valence-corrected chi connectivity index (χ3v) is 8.20. The number of nitrogens with zero attached hydrogens (tertiary/aromatic N) is 3. The highest BCUT2D eigenvalue weighted by Crippen LogP contribution is 2.24. The van der Waals surface area contributed by atoms with Crippen molar-refractivity contribution in [2.75, 3.05) is 37.4 Å². The van der Waals surface area contributed by atoms with Crippen molar-refractivity contribution in [3.05, 3.63) is 72.1 Å². The Labute approximate surface area is 198 Å². The summed E-state index contributed by atoms with van der Waals surface area (Å²) in [7, 11) is -3.64. The van der Waals surface area contributed by atoms with Crippen LogP contribution < -0.4 is 5.32 Å². The van der Waals surface area contributed by atoms with Crippen LogP contribution in [0.3, 0.4) is 0 Å². The van der Waals surface area contributed by atoms with E-state index in [1.807, 2.05) is 48.0 Å². The van der Waals surface area contributed by atoms with Gasteiger partial charge in [-0.3, -0.25) is 4.79 Å². The molecule has 0 aliphatic carbocycles. The van der Waals surface area contributed by atoms with Gasteiger partial charge >= 0.3 is 0 Å². The molecule has 1 fully saturated rings. The second-order valence-corrected chi connectivity index (χ2v) is 10.5. The van der Waals surface area contributed by atoms with Gasteiger partial charge in [0, 0.05) is 37.7 Å². The first-order valence-electron chi connectivity index (χ1n) is 10.6. The number of benzene rings is 2. The molecule has 1 aliphatic heterocycles. The highest BCUT2D eigenvalue weighted by molar-refractivity contribution is 7.99. The van der Waals surface area contributed by atoms with Gasteiger partial charge in [-0.15, -0.1) is 0 Å². The van der Waals surface area contributed by atoms with Gasteiger partial charge in [0.15, 0.2) is 5.16 Å². The van der Waals surface area contributed by atoms with Gasteiger partial charge < -0.3 is 14.6 Å². The number of nitrogens with one attached hydrogen (secondary N) is 1. The van der Waals surface area contributed by atoms with Gasteiger partial charge in [0.25, 0.3) is 0 Å². The van der Waals surface area contributed by atoms with Gasteiger partial charge in [-0.1, -0.05) is 48.2 Å². The van der Waals surface area contributed by atoms with E-state index in [9.17, 15) is 13.2 Å². The zero-order valence-electron chi connectivity index (χ0n) is 18.3. The molecule has 1 amide bonds. The van der Waals surface area contributed by atoms with Crippen LogP contribution >= 0.6 is 11.8 Å². The van der Waals surface area contributed by atoms with Gasteiger partial charge in [-0.2, -0.15) is 4.31 Å². The molecule has 1 saturated heterocycles. The molecule has 4 rings (SSSR count). The van der Waals surface area contributed by atoms with Crippen molar-refractivity contribution in [2.24, 2.45) is 0 Å². The van der Waals surface area contributed by atoms with E-state index in [0.29, 0.717) is 38.5 Å². The zero-order chi connectivity index (χ0) is 23.3. The van der Waals surface area contributed by atoms with Gasteiger partial charge in [0.1, 0.15) is 0 Å². The smallest absolute Gasteiger partial charge is 0.243 e. The summed E-state index contributed by atoms with van der Waals surface area (Å²) >= 11 is 1.34. The average molecular weight is 487 g/mol. The molecule has 1 N–H and O–H groups in total. The highest BCUT2D eigenvalue weighted by Gasteiger charge is 2.27. The largest absolute Gasteiger partial charge is 0.379 e. The number of aromatic nitrogens is 2. The Morgan fingerprint density at radius 1 is 1.15 bits per heavy atom. The highest BCUT2D eigenvalue weighted by atomic mass is 32.2. The fourth-order valence-electron chi connectivity index (χ4n) is 3.48. The Bertz CT molecular complexity index is 1210. The zero-order valence-corrected chi connectivity index (χ0v) is 19.9. The first-order chi connectivity index (χ1) is 15.9. The monoisotopic (exact) mass is 486 g/mol. The summed E-state index contributed by atoms with van der Waals surface area (Å²) in [4.78, 5) is 17.2. The van der Waals surface area contributed by atoms with Gasteiger partial charge in [-0.25, -0.2) is 13.4 Å². The fourth-order valence-corrected chi connectivity index (χ4v) is 5.68. The lowest BCUT2D eigenvalue weighted by Crippen LogP contribution is -2.40. The van der Waals surface area contributed by atoms with Crippen LogP contribution in [-0.2, 0) is 26.1 Å². The maximum absolute atomic E-state index is 12.9. The van der Waals surface area contributed by atoms with E-state index < -0.39 is 10.0 Å². The molecule has 0 radical (unpaired) electrons. The third kappa shape index (κ3) is 5.83. The van der Waals surface area contributed by atoms with E-state index in [2.05, 4.69) is 10.3 Å². The number of hydrogen-bond donors (Lipinski definition) is 1. The second-order valence-electron chi connectivity index (χ2n) is 7.65. The van der Waals surface area contributed by atoms with Crippen LogP contribution in [0.2, 0.25) is 0 Å². The molecule has 0 saturated carbocycles. The first-order valence-corrected chi connectivity index (χ1v) is 13.0. The van der Waals surface area contributed by atoms with E-state index in [4.69, 9.17) is 4.74 Å². The number of carbonyl (C=O) groups excluding carboxylic acids is 1. The molecule has 1 aliphatic rings. The quantitative estimate of drug-likeness (QED) is 0.492.